The van der Waals surface area contributed by atoms with Crippen molar-refractivity contribution in [2.45, 2.75) is 19.9 Å². The molecule has 1 aliphatic rings. The zero-order valence-electron chi connectivity index (χ0n) is 8.41. The Morgan fingerprint density at radius 3 is 3.00 bits per heavy atom. The van der Waals surface area contributed by atoms with Gasteiger partial charge in [0.15, 0.2) is 0 Å². The van der Waals surface area contributed by atoms with Gasteiger partial charge in [-0.25, -0.2) is 4.79 Å². The maximum absolute atomic E-state index is 11.4. The van der Waals surface area contributed by atoms with Crippen molar-refractivity contribution in [3.63, 3.8) is 0 Å². The van der Waals surface area contributed by atoms with Crippen molar-refractivity contribution in [1.82, 2.24) is 10.2 Å². The molecule has 0 spiro atoms. The van der Waals surface area contributed by atoms with Gasteiger partial charge in [-0.3, -0.25) is 0 Å². The molecule has 0 aliphatic carbocycles. The average molecular weight is 210 g/mol. The van der Waals surface area contributed by atoms with Crippen LogP contribution < -0.4 is 5.32 Å². The van der Waals surface area contributed by atoms with Gasteiger partial charge >= 0.3 is 6.03 Å². The van der Waals surface area contributed by atoms with Crippen LogP contribution in [-0.4, -0.2) is 24.0 Å². The van der Waals surface area contributed by atoms with Gasteiger partial charge in [0.05, 0.1) is 6.04 Å². The third-order valence-corrected chi connectivity index (χ3v) is 3.72. The molecule has 1 N–H and O–H groups in total. The van der Waals surface area contributed by atoms with E-state index in [1.807, 2.05) is 11.8 Å². The summed E-state index contributed by atoms with van der Waals surface area (Å²) in [4.78, 5) is 14.6. The Hall–Kier alpha value is -1.03. The first kappa shape index (κ1) is 9.52. The minimum atomic E-state index is 0.0605. The lowest BCUT2D eigenvalue weighted by atomic mass is 10.2. The van der Waals surface area contributed by atoms with E-state index in [4.69, 9.17) is 0 Å². The number of thiophene rings is 1. The van der Waals surface area contributed by atoms with E-state index >= 15 is 0 Å². The van der Waals surface area contributed by atoms with Crippen LogP contribution in [0.25, 0.3) is 0 Å². The second-order valence-electron chi connectivity index (χ2n) is 3.51. The normalized spacial score (nSPS) is 21.4. The first-order valence-corrected chi connectivity index (χ1v) is 5.69. The molecule has 0 radical (unpaired) electrons. The molecule has 2 rings (SSSR count). The molecule has 1 saturated heterocycles. The number of rotatable bonds is 2. The molecule has 2 heterocycles. The van der Waals surface area contributed by atoms with Crippen LogP contribution in [0.4, 0.5) is 4.79 Å². The molecule has 0 aromatic carbocycles. The summed E-state index contributed by atoms with van der Waals surface area (Å²) in [5, 5.41) is 5.07. The fraction of sp³-hybridized carbons (Fsp3) is 0.500. The SMILES string of the molecule is CCN1CC(c2sccc2C)NC1=O. The van der Waals surface area contributed by atoms with Crippen LogP contribution >= 0.6 is 11.3 Å². The largest absolute Gasteiger partial charge is 0.329 e. The summed E-state index contributed by atoms with van der Waals surface area (Å²) in [7, 11) is 0. The number of nitrogens with zero attached hydrogens (tertiary/aromatic N) is 1. The molecule has 14 heavy (non-hydrogen) atoms. The van der Waals surface area contributed by atoms with Crippen LogP contribution in [0.15, 0.2) is 11.4 Å². The van der Waals surface area contributed by atoms with Crippen molar-refractivity contribution < 1.29 is 4.79 Å². The third-order valence-electron chi connectivity index (χ3n) is 2.59. The van der Waals surface area contributed by atoms with Crippen LogP contribution in [0, 0.1) is 6.92 Å². The molecule has 76 valence electrons. The molecular formula is C10H14N2OS. The Balaban J connectivity index is 2.16. The number of carbonyl (C=O) groups excluding carboxylic acids is 1. The standard InChI is InChI=1S/C10H14N2OS/c1-3-12-6-8(11-10(12)13)9-7(2)4-5-14-9/h4-5,8H,3,6H2,1-2H3,(H,11,13). The summed E-state index contributed by atoms with van der Waals surface area (Å²) in [6, 6.07) is 2.36. The van der Waals surface area contributed by atoms with E-state index in [2.05, 4.69) is 23.7 Å². The van der Waals surface area contributed by atoms with Crippen molar-refractivity contribution in [3.05, 3.63) is 21.9 Å². The van der Waals surface area contributed by atoms with E-state index in [-0.39, 0.29) is 12.1 Å². The summed E-state index contributed by atoms with van der Waals surface area (Å²) >= 11 is 1.72. The molecule has 0 saturated carbocycles. The number of hydrogen-bond donors (Lipinski definition) is 1. The zero-order chi connectivity index (χ0) is 10.1. The van der Waals surface area contributed by atoms with Crippen LogP contribution in [0.2, 0.25) is 0 Å². The summed E-state index contributed by atoms with van der Waals surface area (Å²) in [6.07, 6.45) is 0. The molecular weight excluding hydrogens is 196 g/mol. The summed E-state index contributed by atoms with van der Waals surface area (Å²) < 4.78 is 0. The van der Waals surface area contributed by atoms with Gasteiger partial charge in [-0.05, 0) is 30.9 Å². The average Bonchev–Trinajstić information content (AvgIpc) is 2.71. The predicted molar refractivity (Wildman–Crippen MR) is 57.6 cm³/mol. The van der Waals surface area contributed by atoms with Gasteiger partial charge in [-0.2, -0.15) is 0 Å². The maximum atomic E-state index is 11.4. The fourth-order valence-corrected chi connectivity index (χ4v) is 2.72. The van der Waals surface area contributed by atoms with E-state index in [9.17, 15) is 4.79 Å². The van der Waals surface area contributed by atoms with Gasteiger partial charge in [0.2, 0.25) is 0 Å². The Bertz CT molecular complexity index is 348. The predicted octanol–water partition coefficient (Wildman–Crippen LogP) is 2.14. The van der Waals surface area contributed by atoms with Crippen molar-refractivity contribution >= 4 is 17.4 Å². The molecule has 2 amide bonds. The van der Waals surface area contributed by atoms with Crippen LogP contribution in [0.3, 0.4) is 0 Å². The maximum Gasteiger partial charge on any atom is 0.318 e. The number of hydrogen-bond acceptors (Lipinski definition) is 2. The number of aryl methyl sites for hydroxylation is 1. The quantitative estimate of drug-likeness (QED) is 0.797. The van der Waals surface area contributed by atoms with Crippen molar-refractivity contribution in [2.75, 3.05) is 13.1 Å². The lowest BCUT2D eigenvalue weighted by molar-refractivity contribution is 0.219. The molecule has 1 aromatic heterocycles. The highest BCUT2D eigenvalue weighted by Gasteiger charge is 2.29. The number of amides is 2. The van der Waals surface area contributed by atoms with Crippen molar-refractivity contribution in [1.29, 1.82) is 0 Å². The first-order chi connectivity index (χ1) is 6.72. The lowest BCUT2D eigenvalue weighted by Gasteiger charge is -2.10. The topological polar surface area (TPSA) is 32.3 Å². The summed E-state index contributed by atoms with van der Waals surface area (Å²) in [6.45, 7) is 5.68. The molecule has 1 unspecified atom stereocenters. The molecule has 1 aromatic rings. The monoisotopic (exact) mass is 210 g/mol. The third kappa shape index (κ3) is 1.50. The smallest absolute Gasteiger partial charge is 0.318 e. The lowest BCUT2D eigenvalue weighted by Crippen LogP contribution is -2.27. The number of carbonyl (C=O) groups is 1. The van der Waals surface area contributed by atoms with E-state index in [0.717, 1.165) is 13.1 Å². The minimum absolute atomic E-state index is 0.0605. The molecule has 1 aliphatic heterocycles. The summed E-state index contributed by atoms with van der Waals surface area (Å²) in [5.41, 5.74) is 1.28. The number of urea groups is 1. The second-order valence-corrected chi connectivity index (χ2v) is 4.46. The molecule has 3 nitrogen and oxygen atoms in total. The molecule has 1 fully saturated rings. The number of nitrogens with one attached hydrogen (secondary N) is 1. The van der Waals surface area contributed by atoms with E-state index in [0.29, 0.717) is 0 Å². The van der Waals surface area contributed by atoms with Gasteiger partial charge in [0, 0.05) is 18.0 Å². The Labute approximate surface area is 87.7 Å². The minimum Gasteiger partial charge on any atom is -0.329 e. The zero-order valence-corrected chi connectivity index (χ0v) is 9.23. The first-order valence-electron chi connectivity index (χ1n) is 4.81. The van der Waals surface area contributed by atoms with Gasteiger partial charge in [-0.15, -0.1) is 11.3 Å². The van der Waals surface area contributed by atoms with E-state index < -0.39 is 0 Å². The van der Waals surface area contributed by atoms with Crippen LogP contribution in [0.5, 0.6) is 0 Å². The second kappa shape index (κ2) is 3.61. The van der Waals surface area contributed by atoms with Gasteiger partial charge in [0.25, 0.3) is 0 Å². The van der Waals surface area contributed by atoms with Gasteiger partial charge in [-0.1, -0.05) is 0 Å². The van der Waals surface area contributed by atoms with E-state index in [1.54, 1.807) is 11.3 Å². The number of likely N-dealkylation sites (N-methyl/N-ethyl adjacent to an activating group) is 1. The molecule has 0 bridgehead atoms. The van der Waals surface area contributed by atoms with Gasteiger partial charge in [0.1, 0.15) is 0 Å². The molecule has 1 atom stereocenters. The van der Waals surface area contributed by atoms with Crippen molar-refractivity contribution in [2.24, 2.45) is 0 Å². The Morgan fingerprint density at radius 2 is 2.50 bits per heavy atom. The van der Waals surface area contributed by atoms with Gasteiger partial charge < -0.3 is 10.2 Å². The Morgan fingerprint density at radius 1 is 1.71 bits per heavy atom. The van der Waals surface area contributed by atoms with Crippen LogP contribution in [-0.2, 0) is 0 Å². The van der Waals surface area contributed by atoms with E-state index in [1.165, 1.54) is 10.4 Å². The fourth-order valence-electron chi connectivity index (χ4n) is 1.75. The van der Waals surface area contributed by atoms with Crippen LogP contribution in [0.1, 0.15) is 23.4 Å². The highest BCUT2D eigenvalue weighted by molar-refractivity contribution is 7.10. The summed E-state index contributed by atoms with van der Waals surface area (Å²) in [5.74, 6) is 0. The Kier molecular flexibility index (Phi) is 2.46. The molecule has 4 heteroatoms. The highest BCUT2D eigenvalue weighted by Crippen LogP contribution is 2.27. The van der Waals surface area contributed by atoms with Crippen molar-refractivity contribution in [3.8, 4) is 0 Å². The highest BCUT2D eigenvalue weighted by atomic mass is 32.1.